The number of fused-ring (bicyclic) bond motifs is 1. The van der Waals surface area contributed by atoms with E-state index in [0.29, 0.717) is 13.0 Å². The largest absolute Gasteiger partial charge is 0.481 e. The first-order chi connectivity index (χ1) is 10.3. The van der Waals surface area contributed by atoms with Gasteiger partial charge in [0, 0.05) is 20.1 Å². The molecule has 2 atom stereocenters. The van der Waals surface area contributed by atoms with Crippen LogP contribution in [0.3, 0.4) is 0 Å². The van der Waals surface area contributed by atoms with Gasteiger partial charge in [-0.3, -0.25) is 19.3 Å². The maximum Gasteiger partial charge on any atom is 0.327 e. The van der Waals surface area contributed by atoms with Gasteiger partial charge in [-0.2, -0.15) is 0 Å². The highest BCUT2D eigenvalue weighted by Crippen LogP contribution is 2.48. The summed E-state index contributed by atoms with van der Waals surface area (Å²) in [4.78, 5) is 51.2. The molecule has 120 valence electrons. The van der Waals surface area contributed by atoms with Crippen molar-refractivity contribution in [2.45, 2.75) is 19.3 Å². The second kappa shape index (κ2) is 4.96. The number of hydrogen-bond donors (Lipinski definition) is 1. The van der Waals surface area contributed by atoms with Gasteiger partial charge in [-0.05, 0) is 18.8 Å². The Morgan fingerprint density at radius 2 is 2.09 bits per heavy atom. The van der Waals surface area contributed by atoms with Gasteiger partial charge in [0.2, 0.25) is 5.91 Å². The minimum atomic E-state index is -0.849. The Balaban J connectivity index is 1.69. The molecule has 0 radical (unpaired) electrons. The van der Waals surface area contributed by atoms with Crippen molar-refractivity contribution < 1.29 is 24.3 Å². The quantitative estimate of drug-likeness (QED) is 0.715. The van der Waals surface area contributed by atoms with Crippen LogP contribution in [0, 0.1) is 11.3 Å². The summed E-state index contributed by atoms with van der Waals surface area (Å²) in [5, 5.41) is 9.51. The molecule has 0 bridgehead atoms. The molecular formula is C14H19N3O5. The van der Waals surface area contributed by atoms with Gasteiger partial charge >= 0.3 is 12.0 Å². The fourth-order valence-corrected chi connectivity index (χ4v) is 3.89. The van der Waals surface area contributed by atoms with E-state index in [2.05, 4.69) is 0 Å². The van der Waals surface area contributed by atoms with E-state index in [1.165, 1.54) is 16.8 Å². The number of nitrogens with zero attached hydrogens (tertiary/aromatic N) is 3. The summed E-state index contributed by atoms with van der Waals surface area (Å²) < 4.78 is 0. The monoisotopic (exact) mass is 309 g/mol. The fourth-order valence-electron chi connectivity index (χ4n) is 3.89. The third kappa shape index (κ3) is 2.05. The predicted molar refractivity (Wildman–Crippen MR) is 73.7 cm³/mol. The Morgan fingerprint density at radius 1 is 1.36 bits per heavy atom. The second-order valence-corrected chi connectivity index (χ2v) is 6.44. The first kappa shape index (κ1) is 14.8. The fraction of sp³-hybridized carbons (Fsp3) is 0.714. The summed E-state index contributed by atoms with van der Waals surface area (Å²) in [5.74, 6) is -1.62. The Hall–Kier alpha value is -2.12. The third-order valence-electron chi connectivity index (χ3n) is 5.17. The number of carboxylic acid groups (broad SMARTS) is 1. The van der Waals surface area contributed by atoms with E-state index in [1.807, 2.05) is 0 Å². The molecule has 2 heterocycles. The lowest BCUT2D eigenvalue weighted by atomic mass is 9.81. The molecule has 3 rings (SSSR count). The molecule has 0 spiro atoms. The standard InChI is InChI=1S/C14H19N3O5/c1-15-6-11(19)17(13(15)22)7-10(18)16-5-9-3-2-4-14(9,8-16)12(20)21/h9H,2-8H2,1H3,(H,20,21)/t9-,14+/m0/s1. The number of carbonyl (C=O) groups is 4. The molecule has 0 aromatic rings. The highest BCUT2D eigenvalue weighted by atomic mass is 16.4. The van der Waals surface area contributed by atoms with Gasteiger partial charge in [-0.1, -0.05) is 6.42 Å². The summed E-state index contributed by atoms with van der Waals surface area (Å²) in [6.45, 7) is 0.257. The van der Waals surface area contributed by atoms with Crippen molar-refractivity contribution in [1.29, 1.82) is 0 Å². The van der Waals surface area contributed by atoms with Gasteiger partial charge in [0.15, 0.2) is 0 Å². The topological polar surface area (TPSA) is 98.2 Å². The number of carboxylic acids is 1. The lowest BCUT2D eigenvalue weighted by Crippen LogP contribution is -2.44. The van der Waals surface area contributed by atoms with Gasteiger partial charge in [0.25, 0.3) is 5.91 Å². The molecule has 0 aromatic carbocycles. The first-order valence-corrected chi connectivity index (χ1v) is 7.42. The van der Waals surface area contributed by atoms with Crippen LogP contribution in [0.5, 0.6) is 0 Å². The number of urea groups is 1. The van der Waals surface area contributed by atoms with E-state index in [-0.39, 0.29) is 31.5 Å². The van der Waals surface area contributed by atoms with E-state index in [9.17, 15) is 24.3 Å². The average Bonchev–Trinajstić information content (AvgIpc) is 3.06. The summed E-state index contributed by atoms with van der Waals surface area (Å²) in [6.07, 6.45) is 2.26. The highest BCUT2D eigenvalue weighted by Gasteiger charge is 2.56. The molecule has 8 nitrogen and oxygen atoms in total. The van der Waals surface area contributed by atoms with E-state index in [4.69, 9.17) is 0 Å². The number of likely N-dealkylation sites (tertiary alicyclic amines) is 1. The van der Waals surface area contributed by atoms with Crippen LogP contribution < -0.4 is 0 Å². The summed E-state index contributed by atoms with van der Waals surface area (Å²) in [7, 11) is 1.50. The van der Waals surface area contributed by atoms with Crippen LogP contribution >= 0.6 is 0 Å². The zero-order chi connectivity index (χ0) is 16.1. The van der Waals surface area contributed by atoms with Crippen molar-refractivity contribution in [3.8, 4) is 0 Å². The summed E-state index contributed by atoms with van der Waals surface area (Å²) >= 11 is 0. The zero-order valence-corrected chi connectivity index (χ0v) is 12.4. The van der Waals surface area contributed by atoms with Crippen molar-refractivity contribution in [2.75, 3.05) is 33.2 Å². The highest BCUT2D eigenvalue weighted by molar-refractivity contribution is 6.04. The van der Waals surface area contributed by atoms with Crippen LogP contribution in [0.2, 0.25) is 0 Å². The molecule has 1 N–H and O–H groups in total. The number of rotatable bonds is 3. The van der Waals surface area contributed by atoms with Gasteiger partial charge in [-0.15, -0.1) is 0 Å². The normalized spacial score (nSPS) is 31.1. The van der Waals surface area contributed by atoms with Crippen LogP contribution in [-0.2, 0) is 14.4 Å². The van der Waals surface area contributed by atoms with Crippen molar-refractivity contribution in [1.82, 2.24) is 14.7 Å². The molecule has 0 unspecified atom stereocenters. The maximum atomic E-state index is 12.4. The molecule has 22 heavy (non-hydrogen) atoms. The minimum absolute atomic E-state index is 0.0200. The molecule has 1 saturated carbocycles. The summed E-state index contributed by atoms with van der Waals surface area (Å²) in [6, 6.07) is -0.481. The molecular weight excluding hydrogens is 290 g/mol. The molecule has 1 aliphatic carbocycles. The van der Waals surface area contributed by atoms with E-state index in [0.717, 1.165) is 17.7 Å². The van der Waals surface area contributed by atoms with Crippen molar-refractivity contribution in [3.05, 3.63) is 0 Å². The Bertz CT molecular complexity index is 563. The molecule has 4 amide bonds. The summed E-state index contributed by atoms with van der Waals surface area (Å²) in [5.41, 5.74) is -0.842. The van der Waals surface area contributed by atoms with E-state index in [1.54, 1.807) is 0 Å². The molecule has 0 aromatic heterocycles. The van der Waals surface area contributed by atoms with E-state index >= 15 is 0 Å². The van der Waals surface area contributed by atoms with Crippen LogP contribution in [-0.4, -0.2) is 76.8 Å². The van der Waals surface area contributed by atoms with Crippen LogP contribution in [0.1, 0.15) is 19.3 Å². The SMILES string of the molecule is CN1CC(=O)N(CC(=O)N2C[C@@H]3CCC[C@@]3(C(=O)O)C2)C1=O. The van der Waals surface area contributed by atoms with Crippen molar-refractivity contribution in [2.24, 2.45) is 11.3 Å². The van der Waals surface area contributed by atoms with Crippen molar-refractivity contribution in [3.63, 3.8) is 0 Å². The predicted octanol–water partition coefficient (Wildman–Crippen LogP) is -0.406. The Kier molecular flexibility index (Phi) is 3.34. The molecule has 8 heteroatoms. The number of carbonyl (C=O) groups excluding carboxylic acids is 3. The van der Waals surface area contributed by atoms with Gasteiger partial charge in [-0.25, -0.2) is 4.79 Å². The van der Waals surface area contributed by atoms with Crippen LogP contribution in [0.4, 0.5) is 4.79 Å². The molecule has 2 aliphatic heterocycles. The minimum Gasteiger partial charge on any atom is -0.481 e. The van der Waals surface area contributed by atoms with Crippen molar-refractivity contribution >= 4 is 23.8 Å². The Morgan fingerprint density at radius 3 is 2.64 bits per heavy atom. The number of aliphatic carboxylic acids is 1. The lowest BCUT2D eigenvalue weighted by molar-refractivity contribution is -0.149. The van der Waals surface area contributed by atoms with Crippen LogP contribution in [0.25, 0.3) is 0 Å². The first-order valence-electron chi connectivity index (χ1n) is 7.42. The lowest BCUT2D eigenvalue weighted by Gasteiger charge is -2.24. The second-order valence-electron chi connectivity index (χ2n) is 6.44. The van der Waals surface area contributed by atoms with Gasteiger partial charge in [0.1, 0.15) is 13.1 Å². The number of imide groups is 1. The van der Waals surface area contributed by atoms with Gasteiger partial charge in [0.05, 0.1) is 5.41 Å². The number of likely N-dealkylation sites (N-methyl/N-ethyl adjacent to an activating group) is 1. The Labute approximate surface area is 127 Å². The maximum absolute atomic E-state index is 12.4. The number of hydrogen-bond acceptors (Lipinski definition) is 4. The van der Waals surface area contributed by atoms with Crippen LogP contribution in [0.15, 0.2) is 0 Å². The zero-order valence-electron chi connectivity index (χ0n) is 12.4. The van der Waals surface area contributed by atoms with Gasteiger partial charge < -0.3 is 14.9 Å². The smallest absolute Gasteiger partial charge is 0.327 e. The third-order valence-corrected chi connectivity index (χ3v) is 5.17. The molecule has 3 aliphatic rings. The molecule has 2 saturated heterocycles. The molecule has 3 fully saturated rings. The average molecular weight is 309 g/mol. The number of amides is 4. The van der Waals surface area contributed by atoms with E-state index < -0.39 is 23.3 Å².